The molecule has 2 rings (SSSR count). The van der Waals surface area contributed by atoms with Crippen LogP contribution in [0.3, 0.4) is 0 Å². The second-order valence-corrected chi connectivity index (χ2v) is 5.83. The fourth-order valence-corrected chi connectivity index (χ4v) is 3.41. The van der Waals surface area contributed by atoms with Crippen molar-refractivity contribution in [3.8, 4) is 0 Å². The fraction of sp³-hybridized carbons (Fsp3) is 0.733. The fourth-order valence-electron chi connectivity index (χ4n) is 3.41. The van der Waals surface area contributed by atoms with Crippen molar-refractivity contribution in [2.45, 2.75) is 47.0 Å². The van der Waals surface area contributed by atoms with Crippen LogP contribution in [0.15, 0.2) is 23.3 Å². The Bertz CT molecular complexity index is 291. The summed E-state index contributed by atoms with van der Waals surface area (Å²) in [5.41, 5.74) is 3.11. The van der Waals surface area contributed by atoms with Crippen LogP contribution in [0.5, 0.6) is 0 Å². The average molecular weight is 204 g/mol. The molecule has 1 fully saturated rings. The first-order chi connectivity index (χ1) is 7.09. The molecule has 0 aromatic heterocycles. The van der Waals surface area contributed by atoms with Gasteiger partial charge in [-0.2, -0.15) is 0 Å². The van der Waals surface area contributed by atoms with Gasteiger partial charge in [-0.1, -0.05) is 38.0 Å². The van der Waals surface area contributed by atoms with Gasteiger partial charge in [-0.15, -0.1) is 0 Å². The second-order valence-electron chi connectivity index (χ2n) is 5.83. The second kappa shape index (κ2) is 4.15. The van der Waals surface area contributed by atoms with Crippen LogP contribution in [0.4, 0.5) is 0 Å². The summed E-state index contributed by atoms with van der Waals surface area (Å²) in [5, 5.41) is 0. The predicted octanol–water partition coefficient (Wildman–Crippen LogP) is 4.58. The zero-order chi connectivity index (χ0) is 11.0. The third-order valence-electron chi connectivity index (χ3n) is 4.61. The number of hydrogen-bond donors (Lipinski definition) is 0. The predicted molar refractivity (Wildman–Crippen MR) is 66.7 cm³/mol. The Hall–Kier alpha value is -0.520. The zero-order valence-electron chi connectivity index (χ0n) is 10.6. The first kappa shape index (κ1) is 11.0. The Labute approximate surface area is 94.5 Å². The molecule has 0 amide bonds. The highest BCUT2D eigenvalue weighted by atomic mass is 14.4. The van der Waals surface area contributed by atoms with Gasteiger partial charge in [-0.05, 0) is 55.9 Å². The van der Waals surface area contributed by atoms with E-state index in [9.17, 15) is 0 Å². The Kier molecular flexibility index (Phi) is 3.04. The largest absolute Gasteiger partial charge is 0.0811 e. The molecule has 4 atom stereocenters. The topological polar surface area (TPSA) is 0 Å². The van der Waals surface area contributed by atoms with E-state index in [2.05, 4.69) is 39.8 Å². The monoisotopic (exact) mass is 204 g/mol. The molecule has 0 aliphatic heterocycles. The average Bonchev–Trinajstić information content (AvgIpc) is 2.43. The number of fused-ring (bicyclic) bond motifs is 1. The lowest BCUT2D eigenvalue weighted by Crippen LogP contribution is -2.17. The summed E-state index contributed by atoms with van der Waals surface area (Å²) in [7, 11) is 0. The van der Waals surface area contributed by atoms with Gasteiger partial charge in [-0.3, -0.25) is 0 Å². The van der Waals surface area contributed by atoms with Crippen LogP contribution in [0.1, 0.15) is 47.0 Å². The first-order valence-electron chi connectivity index (χ1n) is 6.44. The van der Waals surface area contributed by atoms with Gasteiger partial charge in [0.15, 0.2) is 0 Å². The lowest BCUT2D eigenvalue weighted by Gasteiger charge is -2.24. The summed E-state index contributed by atoms with van der Waals surface area (Å²) >= 11 is 0. The molecule has 84 valence electrons. The molecule has 0 bridgehead atoms. The lowest BCUT2D eigenvalue weighted by atomic mass is 9.80. The van der Waals surface area contributed by atoms with E-state index in [1.54, 1.807) is 5.57 Å². The van der Waals surface area contributed by atoms with E-state index >= 15 is 0 Å². The molecular formula is C15H24. The Morgan fingerprint density at radius 1 is 1.13 bits per heavy atom. The van der Waals surface area contributed by atoms with E-state index in [1.165, 1.54) is 24.8 Å². The van der Waals surface area contributed by atoms with Crippen LogP contribution in [-0.4, -0.2) is 0 Å². The van der Waals surface area contributed by atoms with Crippen molar-refractivity contribution < 1.29 is 0 Å². The van der Waals surface area contributed by atoms with Crippen LogP contribution in [-0.2, 0) is 0 Å². The Morgan fingerprint density at radius 2 is 1.87 bits per heavy atom. The van der Waals surface area contributed by atoms with Gasteiger partial charge in [-0.25, -0.2) is 0 Å². The van der Waals surface area contributed by atoms with Gasteiger partial charge >= 0.3 is 0 Å². The van der Waals surface area contributed by atoms with Crippen molar-refractivity contribution in [1.29, 1.82) is 0 Å². The van der Waals surface area contributed by atoms with Crippen LogP contribution in [0.25, 0.3) is 0 Å². The van der Waals surface area contributed by atoms with Gasteiger partial charge in [0.2, 0.25) is 0 Å². The number of hydrogen-bond acceptors (Lipinski definition) is 0. The van der Waals surface area contributed by atoms with Gasteiger partial charge in [0.05, 0.1) is 0 Å². The molecule has 0 N–H and O–H groups in total. The van der Waals surface area contributed by atoms with E-state index in [1.807, 2.05) is 0 Å². The molecule has 1 saturated carbocycles. The van der Waals surface area contributed by atoms with Crippen molar-refractivity contribution in [3.63, 3.8) is 0 Å². The Morgan fingerprint density at radius 3 is 2.53 bits per heavy atom. The molecule has 2 aliphatic rings. The van der Waals surface area contributed by atoms with Crippen molar-refractivity contribution >= 4 is 0 Å². The van der Waals surface area contributed by atoms with Crippen LogP contribution < -0.4 is 0 Å². The van der Waals surface area contributed by atoms with Gasteiger partial charge in [0, 0.05) is 0 Å². The summed E-state index contributed by atoms with van der Waals surface area (Å²) < 4.78 is 0. The molecule has 15 heavy (non-hydrogen) atoms. The summed E-state index contributed by atoms with van der Waals surface area (Å²) in [4.78, 5) is 0. The number of allylic oxidation sites excluding steroid dienone is 4. The van der Waals surface area contributed by atoms with Crippen LogP contribution >= 0.6 is 0 Å². The van der Waals surface area contributed by atoms with Crippen molar-refractivity contribution in [2.24, 2.45) is 23.7 Å². The summed E-state index contributed by atoms with van der Waals surface area (Å²) in [6.07, 6.45) is 9.07. The summed E-state index contributed by atoms with van der Waals surface area (Å²) in [6.45, 7) is 9.36. The minimum atomic E-state index is 0.789. The number of rotatable bonds is 0. The minimum absolute atomic E-state index is 0.789. The standard InChI is InChI=1S/C15H24/c1-10(2)13-7-5-11(3)14-8-6-12(4)15(14)9-13/h5,7,11-12,14-15H,6,8-9H2,1-4H3. The van der Waals surface area contributed by atoms with E-state index in [0.29, 0.717) is 0 Å². The van der Waals surface area contributed by atoms with Crippen molar-refractivity contribution in [1.82, 2.24) is 0 Å². The van der Waals surface area contributed by atoms with Gasteiger partial charge < -0.3 is 0 Å². The van der Waals surface area contributed by atoms with Crippen LogP contribution in [0.2, 0.25) is 0 Å². The maximum Gasteiger partial charge on any atom is -0.0227 e. The molecule has 2 aliphatic carbocycles. The molecule has 0 aromatic carbocycles. The van der Waals surface area contributed by atoms with Gasteiger partial charge in [0.1, 0.15) is 0 Å². The molecule has 0 saturated heterocycles. The maximum atomic E-state index is 2.45. The van der Waals surface area contributed by atoms with E-state index in [4.69, 9.17) is 0 Å². The minimum Gasteiger partial charge on any atom is -0.0811 e. The normalized spacial score (nSPS) is 40.1. The molecule has 0 radical (unpaired) electrons. The van der Waals surface area contributed by atoms with Crippen LogP contribution in [0, 0.1) is 23.7 Å². The smallest absolute Gasteiger partial charge is 0.0227 e. The van der Waals surface area contributed by atoms with E-state index in [0.717, 1.165) is 23.7 Å². The van der Waals surface area contributed by atoms with Crippen molar-refractivity contribution in [2.75, 3.05) is 0 Å². The molecule has 0 spiro atoms. The van der Waals surface area contributed by atoms with E-state index in [-0.39, 0.29) is 0 Å². The third kappa shape index (κ3) is 2.04. The lowest BCUT2D eigenvalue weighted by molar-refractivity contribution is 0.283. The molecule has 0 nitrogen and oxygen atoms in total. The first-order valence-corrected chi connectivity index (χ1v) is 6.44. The molecular weight excluding hydrogens is 180 g/mol. The third-order valence-corrected chi connectivity index (χ3v) is 4.61. The SMILES string of the molecule is CC(C)=C1C=CC(C)C2CCC(C)C2C1. The highest BCUT2D eigenvalue weighted by Crippen LogP contribution is 2.46. The quantitative estimate of drug-likeness (QED) is 0.542. The van der Waals surface area contributed by atoms with E-state index < -0.39 is 0 Å². The molecule has 0 heteroatoms. The summed E-state index contributed by atoms with van der Waals surface area (Å²) in [6, 6.07) is 0. The highest BCUT2D eigenvalue weighted by Gasteiger charge is 2.36. The van der Waals surface area contributed by atoms with Crippen molar-refractivity contribution in [3.05, 3.63) is 23.3 Å². The molecule has 0 aromatic rings. The highest BCUT2D eigenvalue weighted by molar-refractivity contribution is 5.27. The maximum absolute atomic E-state index is 2.45. The van der Waals surface area contributed by atoms with Gasteiger partial charge in [0.25, 0.3) is 0 Å². The summed E-state index contributed by atoms with van der Waals surface area (Å²) in [5.74, 6) is 3.62. The molecule has 4 unspecified atom stereocenters. The Balaban J connectivity index is 2.27. The molecule has 0 heterocycles. The zero-order valence-corrected chi connectivity index (χ0v) is 10.6.